The van der Waals surface area contributed by atoms with Crippen LogP contribution in [0.1, 0.15) is 0 Å². The Bertz CT molecular complexity index is 1240. The van der Waals surface area contributed by atoms with Crippen LogP contribution in [0.15, 0.2) is 95.5 Å². The molecule has 4 aromatic carbocycles. The van der Waals surface area contributed by atoms with Crippen LogP contribution in [0.3, 0.4) is 0 Å². The quantitative estimate of drug-likeness (QED) is 0.319. The van der Waals surface area contributed by atoms with Crippen molar-refractivity contribution in [3.8, 4) is 22.3 Å². The van der Waals surface area contributed by atoms with Crippen LogP contribution in [0, 0.1) is 0 Å². The lowest BCUT2D eigenvalue weighted by atomic mass is 9.98. The van der Waals surface area contributed by atoms with Crippen LogP contribution in [0.5, 0.6) is 0 Å². The molecule has 0 aliphatic carbocycles. The fraction of sp³-hybridized carbons (Fsp3) is 0. The lowest BCUT2D eigenvalue weighted by Crippen LogP contribution is -1.81. The van der Waals surface area contributed by atoms with Gasteiger partial charge in [-0.15, -0.1) is 0 Å². The van der Waals surface area contributed by atoms with Crippen molar-refractivity contribution in [3.05, 3.63) is 95.5 Å². The Morgan fingerprint density at radius 3 is 1.92 bits per heavy atom. The molecular formula is C24H16BrN. The summed E-state index contributed by atoms with van der Waals surface area (Å²) in [5.74, 6) is 0. The molecule has 0 saturated heterocycles. The minimum Gasteiger partial charge on any atom is -0.355 e. The van der Waals surface area contributed by atoms with Crippen LogP contribution in [-0.4, -0.2) is 4.98 Å². The van der Waals surface area contributed by atoms with Crippen molar-refractivity contribution in [2.75, 3.05) is 0 Å². The van der Waals surface area contributed by atoms with Gasteiger partial charge in [-0.2, -0.15) is 0 Å². The number of rotatable bonds is 2. The average molecular weight is 398 g/mol. The first-order valence-electron chi connectivity index (χ1n) is 8.65. The summed E-state index contributed by atoms with van der Waals surface area (Å²) in [5.41, 5.74) is 7.28. The van der Waals surface area contributed by atoms with Gasteiger partial charge in [0.25, 0.3) is 0 Å². The van der Waals surface area contributed by atoms with Gasteiger partial charge in [0.2, 0.25) is 0 Å². The van der Waals surface area contributed by atoms with Crippen molar-refractivity contribution in [1.82, 2.24) is 4.98 Å². The predicted octanol–water partition coefficient (Wildman–Crippen LogP) is 7.42. The van der Waals surface area contributed by atoms with E-state index in [0.717, 1.165) is 4.47 Å². The summed E-state index contributed by atoms with van der Waals surface area (Å²) in [6.45, 7) is 0. The van der Waals surface area contributed by atoms with Gasteiger partial charge < -0.3 is 4.98 Å². The van der Waals surface area contributed by atoms with Gasteiger partial charge in [-0.1, -0.05) is 70.5 Å². The molecule has 0 saturated carbocycles. The van der Waals surface area contributed by atoms with E-state index in [1.54, 1.807) is 0 Å². The normalized spacial score (nSPS) is 11.3. The van der Waals surface area contributed by atoms with Gasteiger partial charge in [-0.25, -0.2) is 0 Å². The SMILES string of the molecule is Brc1ccc2[nH]c3ccc(-c4cccc(-c5ccccc5)c4)cc3c2c1. The first kappa shape index (κ1) is 15.4. The van der Waals surface area contributed by atoms with Crippen molar-refractivity contribution in [2.24, 2.45) is 0 Å². The van der Waals surface area contributed by atoms with Crippen molar-refractivity contribution >= 4 is 37.7 Å². The van der Waals surface area contributed by atoms with Crippen molar-refractivity contribution in [2.45, 2.75) is 0 Å². The highest BCUT2D eigenvalue weighted by atomic mass is 79.9. The average Bonchev–Trinajstić information content (AvgIpc) is 3.06. The first-order chi connectivity index (χ1) is 12.8. The zero-order valence-corrected chi connectivity index (χ0v) is 15.6. The monoisotopic (exact) mass is 397 g/mol. The molecule has 0 amide bonds. The number of hydrogen-bond donors (Lipinski definition) is 1. The Kier molecular flexibility index (Phi) is 3.65. The van der Waals surface area contributed by atoms with Crippen LogP contribution in [0.2, 0.25) is 0 Å². The number of halogens is 1. The minimum absolute atomic E-state index is 1.10. The predicted molar refractivity (Wildman–Crippen MR) is 114 cm³/mol. The maximum absolute atomic E-state index is 3.59. The summed E-state index contributed by atoms with van der Waals surface area (Å²) in [7, 11) is 0. The Hall–Kier alpha value is -2.84. The van der Waals surface area contributed by atoms with Crippen LogP contribution < -0.4 is 0 Å². The largest absolute Gasteiger partial charge is 0.355 e. The summed E-state index contributed by atoms with van der Waals surface area (Å²) in [5, 5.41) is 2.50. The van der Waals surface area contributed by atoms with Gasteiger partial charge in [0, 0.05) is 26.3 Å². The van der Waals surface area contributed by atoms with Gasteiger partial charge in [-0.3, -0.25) is 0 Å². The lowest BCUT2D eigenvalue weighted by Gasteiger charge is -2.06. The number of aromatic amines is 1. The minimum atomic E-state index is 1.10. The molecule has 1 nitrogen and oxygen atoms in total. The summed E-state index contributed by atoms with van der Waals surface area (Å²) < 4.78 is 1.10. The highest BCUT2D eigenvalue weighted by Crippen LogP contribution is 2.33. The van der Waals surface area contributed by atoms with Crippen molar-refractivity contribution in [3.63, 3.8) is 0 Å². The highest BCUT2D eigenvalue weighted by Gasteiger charge is 2.07. The van der Waals surface area contributed by atoms with E-state index in [2.05, 4.69) is 112 Å². The third-order valence-electron chi connectivity index (χ3n) is 4.86. The first-order valence-corrected chi connectivity index (χ1v) is 9.44. The maximum atomic E-state index is 3.59. The molecule has 0 spiro atoms. The van der Waals surface area contributed by atoms with Crippen LogP contribution in [0.25, 0.3) is 44.1 Å². The van der Waals surface area contributed by atoms with E-state index in [0.29, 0.717) is 0 Å². The molecule has 0 unspecified atom stereocenters. The number of benzene rings is 4. The Balaban J connectivity index is 1.67. The van der Waals surface area contributed by atoms with Crippen LogP contribution in [-0.2, 0) is 0 Å². The molecule has 1 aromatic heterocycles. The molecule has 2 heteroatoms. The molecule has 0 bridgehead atoms. The summed E-state index contributed by atoms with van der Waals surface area (Å²) in [6.07, 6.45) is 0. The van der Waals surface area contributed by atoms with E-state index >= 15 is 0 Å². The topological polar surface area (TPSA) is 15.8 Å². The molecule has 0 aliphatic heterocycles. The van der Waals surface area contributed by atoms with Crippen molar-refractivity contribution < 1.29 is 0 Å². The lowest BCUT2D eigenvalue weighted by molar-refractivity contribution is 1.54. The molecule has 5 rings (SSSR count). The fourth-order valence-electron chi connectivity index (χ4n) is 3.56. The summed E-state index contributed by atoms with van der Waals surface area (Å²) >= 11 is 3.59. The summed E-state index contributed by atoms with van der Waals surface area (Å²) in [6, 6.07) is 32.3. The van der Waals surface area contributed by atoms with Gasteiger partial charge in [-0.05, 0) is 58.7 Å². The zero-order valence-electron chi connectivity index (χ0n) is 14.0. The molecule has 124 valence electrons. The molecule has 1 N–H and O–H groups in total. The van der Waals surface area contributed by atoms with E-state index in [9.17, 15) is 0 Å². The molecule has 0 radical (unpaired) electrons. The van der Waals surface area contributed by atoms with Gasteiger partial charge in [0.15, 0.2) is 0 Å². The van der Waals surface area contributed by atoms with Crippen LogP contribution in [0.4, 0.5) is 0 Å². The number of H-pyrrole nitrogens is 1. The summed E-state index contributed by atoms with van der Waals surface area (Å²) in [4.78, 5) is 3.50. The Morgan fingerprint density at radius 2 is 1.12 bits per heavy atom. The molecule has 0 fully saturated rings. The number of aromatic nitrogens is 1. The molecule has 1 heterocycles. The smallest absolute Gasteiger partial charge is 0.0465 e. The second-order valence-electron chi connectivity index (χ2n) is 6.52. The van der Waals surface area contributed by atoms with Gasteiger partial charge in [0.1, 0.15) is 0 Å². The van der Waals surface area contributed by atoms with E-state index in [-0.39, 0.29) is 0 Å². The number of hydrogen-bond acceptors (Lipinski definition) is 0. The highest BCUT2D eigenvalue weighted by molar-refractivity contribution is 9.10. The number of nitrogens with one attached hydrogen (secondary N) is 1. The molecule has 0 aliphatic rings. The van der Waals surface area contributed by atoms with E-state index < -0.39 is 0 Å². The second kappa shape index (κ2) is 6.15. The van der Waals surface area contributed by atoms with Crippen molar-refractivity contribution in [1.29, 1.82) is 0 Å². The Labute approximate surface area is 160 Å². The van der Waals surface area contributed by atoms with Crippen LogP contribution >= 0.6 is 15.9 Å². The molecular weight excluding hydrogens is 382 g/mol. The third kappa shape index (κ3) is 2.63. The van der Waals surface area contributed by atoms with E-state index in [1.165, 1.54) is 44.1 Å². The second-order valence-corrected chi connectivity index (χ2v) is 7.44. The van der Waals surface area contributed by atoms with E-state index in [4.69, 9.17) is 0 Å². The number of fused-ring (bicyclic) bond motifs is 3. The standard InChI is InChI=1S/C24H16BrN/c25-20-10-12-24-22(15-20)21-14-19(9-11-23(21)26-24)18-8-4-7-17(13-18)16-5-2-1-3-6-16/h1-15,26H. The molecule has 0 atom stereocenters. The zero-order chi connectivity index (χ0) is 17.5. The third-order valence-corrected chi connectivity index (χ3v) is 5.36. The Morgan fingerprint density at radius 1 is 0.500 bits per heavy atom. The molecule has 26 heavy (non-hydrogen) atoms. The maximum Gasteiger partial charge on any atom is 0.0465 e. The molecule has 5 aromatic rings. The van der Waals surface area contributed by atoms with Gasteiger partial charge in [0.05, 0.1) is 0 Å². The van der Waals surface area contributed by atoms with Gasteiger partial charge >= 0.3 is 0 Å². The van der Waals surface area contributed by atoms with E-state index in [1.807, 2.05) is 0 Å². The fourth-order valence-corrected chi connectivity index (χ4v) is 3.92.